The quantitative estimate of drug-likeness (QED) is 0.440. The molecule has 0 atom stereocenters. The van der Waals surface area contributed by atoms with Crippen LogP contribution in [0.5, 0.6) is 5.75 Å². The summed E-state index contributed by atoms with van der Waals surface area (Å²) in [5.74, 6) is 0.750. The number of rotatable bonds is 4. The second-order valence-electron chi connectivity index (χ2n) is 4.74. The molecule has 3 nitrogen and oxygen atoms in total. The molecule has 0 bridgehead atoms. The molecule has 0 amide bonds. The van der Waals surface area contributed by atoms with Crippen molar-refractivity contribution in [1.29, 1.82) is 0 Å². The van der Waals surface area contributed by atoms with Crippen molar-refractivity contribution in [3.8, 4) is 5.75 Å². The third kappa shape index (κ3) is 3.03. The van der Waals surface area contributed by atoms with Gasteiger partial charge in [0.1, 0.15) is 12.4 Å². The summed E-state index contributed by atoms with van der Waals surface area (Å²) in [5.41, 5.74) is 1.95. The van der Waals surface area contributed by atoms with Crippen LogP contribution in [0.2, 0.25) is 0 Å². The Kier molecular flexibility index (Phi) is 3.83. The molecule has 21 heavy (non-hydrogen) atoms. The molecule has 3 aromatic carbocycles. The molecule has 1 N–H and O–H groups in total. The zero-order chi connectivity index (χ0) is 14.5. The molecule has 0 saturated heterocycles. The van der Waals surface area contributed by atoms with Gasteiger partial charge in [-0.3, -0.25) is 0 Å². The number of oxime groups is 1. The highest BCUT2D eigenvalue weighted by Gasteiger charge is 2.02. The molecule has 3 aromatic rings. The summed E-state index contributed by atoms with van der Waals surface area (Å²) in [6.45, 7) is 0.501. The molecule has 3 heteroatoms. The van der Waals surface area contributed by atoms with Crippen molar-refractivity contribution in [3.05, 3.63) is 77.9 Å². The lowest BCUT2D eigenvalue weighted by Gasteiger charge is -2.09. The van der Waals surface area contributed by atoms with Gasteiger partial charge in [-0.25, -0.2) is 0 Å². The van der Waals surface area contributed by atoms with Crippen LogP contribution in [0.25, 0.3) is 10.8 Å². The zero-order valence-corrected chi connectivity index (χ0v) is 11.4. The molecule has 104 valence electrons. The maximum atomic E-state index is 8.57. The molecule has 0 saturated carbocycles. The van der Waals surface area contributed by atoms with E-state index in [9.17, 15) is 0 Å². The average molecular weight is 277 g/mol. The lowest BCUT2D eigenvalue weighted by Crippen LogP contribution is -1.97. The molecular weight excluding hydrogens is 262 g/mol. The summed E-state index contributed by atoms with van der Waals surface area (Å²) < 4.78 is 5.84. The molecule has 0 heterocycles. The predicted molar refractivity (Wildman–Crippen MR) is 84.1 cm³/mol. The third-order valence-electron chi connectivity index (χ3n) is 3.34. The third-order valence-corrected chi connectivity index (χ3v) is 3.34. The van der Waals surface area contributed by atoms with Crippen LogP contribution >= 0.6 is 0 Å². The van der Waals surface area contributed by atoms with E-state index in [4.69, 9.17) is 9.94 Å². The first kappa shape index (κ1) is 13.2. The van der Waals surface area contributed by atoms with E-state index in [1.807, 2.05) is 42.5 Å². The fourth-order valence-electron chi connectivity index (χ4n) is 2.33. The van der Waals surface area contributed by atoms with E-state index in [0.29, 0.717) is 6.61 Å². The van der Waals surface area contributed by atoms with E-state index < -0.39 is 0 Å². The summed E-state index contributed by atoms with van der Waals surface area (Å²) in [6, 6.07) is 21.9. The Morgan fingerprint density at radius 1 is 0.952 bits per heavy atom. The molecule has 3 rings (SSSR count). The van der Waals surface area contributed by atoms with Crippen LogP contribution in [0.4, 0.5) is 0 Å². The first-order valence-corrected chi connectivity index (χ1v) is 6.74. The average Bonchev–Trinajstić information content (AvgIpc) is 2.53. The highest BCUT2D eigenvalue weighted by molar-refractivity contribution is 5.85. The number of hydrogen-bond donors (Lipinski definition) is 1. The van der Waals surface area contributed by atoms with Gasteiger partial charge in [-0.2, -0.15) is 0 Å². The van der Waals surface area contributed by atoms with Crippen molar-refractivity contribution < 1.29 is 9.94 Å². The molecule has 0 aliphatic rings. The highest BCUT2D eigenvalue weighted by Crippen LogP contribution is 2.21. The summed E-state index contributed by atoms with van der Waals surface area (Å²) in [7, 11) is 0. The van der Waals surface area contributed by atoms with Gasteiger partial charge in [0.2, 0.25) is 0 Å². The Hall–Kier alpha value is -2.81. The topological polar surface area (TPSA) is 41.8 Å². The Morgan fingerprint density at radius 3 is 2.67 bits per heavy atom. The molecule has 0 radical (unpaired) electrons. The minimum absolute atomic E-state index is 0.501. The van der Waals surface area contributed by atoms with Gasteiger partial charge in [0.15, 0.2) is 0 Å². The molecule has 0 aliphatic heterocycles. The van der Waals surface area contributed by atoms with Crippen molar-refractivity contribution >= 4 is 17.0 Å². The molecule has 0 fully saturated rings. The number of ether oxygens (including phenoxy) is 1. The van der Waals surface area contributed by atoms with E-state index in [1.165, 1.54) is 17.0 Å². The zero-order valence-electron chi connectivity index (χ0n) is 11.4. The van der Waals surface area contributed by atoms with Crippen molar-refractivity contribution in [3.63, 3.8) is 0 Å². The first-order valence-electron chi connectivity index (χ1n) is 6.74. The standard InChI is InChI=1S/C18H15NO2/c20-19-12-14-5-3-9-17(11-14)21-13-16-8-4-7-15-6-1-2-10-18(15)16/h1-12,20H,13H2. The van der Waals surface area contributed by atoms with Crippen molar-refractivity contribution in [1.82, 2.24) is 0 Å². The Balaban J connectivity index is 1.82. The summed E-state index contributed by atoms with van der Waals surface area (Å²) in [5, 5.41) is 14.0. The van der Waals surface area contributed by atoms with Crippen molar-refractivity contribution in [2.75, 3.05) is 0 Å². The molecule has 0 unspecified atom stereocenters. The van der Waals surface area contributed by atoms with E-state index in [0.717, 1.165) is 16.9 Å². The molecule has 0 aromatic heterocycles. The van der Waals surface area contributed by atoms with E-state index in [2.05, 4.69) is 29.4 Å². The summed E-state index contributed by atoms with van der Waals surface area (Å²) >= 11 is 0. The predicted octanol–water partition coefficient (Wildman–Crippen LogP) is 4.23. The van der Waals surface area contributed by atoms with E-state index in [-0.39, 0.29) is 0 Å². The largest absolute Gasteiger partial charge is 0.489 e. The van der Waals surface area contributed by atoms with E-state index in [1.54, 1.807) is 0 Å². The van der Waals surface area contributed by atoms with Crippen LogP contribution in [0.15, 0.2) is 71.9 Å². The van der Waals surface area contributed by atoms with Gasteiger partial charge >= 0.3 is 0 Å². The maximum absolute atomic E-state index is 8.57. The van der Waals surface area contributed by atoms with Gasteiger partial charge in [0.05, 0.1) is 6.21 Å². The molecule has 0 spiro atoms. The molecular formula is C18H15NO2. The fourth-order valence-corrected chi connectivity index (χ4v) is 2.33. The fraction of sp³-hybridized carbons (Fsp3) is 0.0556. The Labute approximate surface area is 123 Å². The van der Waals surface area contributed by atoms with Crippen molar-refractivity contribution in [2.24, 2.45) is 5.16 Å². The number of nitrogens with zero attached hydrogens (tertiary/aromatic N) is 1. The van der Waals surface area contributed by atoms with Crippen molar-refractivity contribution in [2.45, 2.75) is 6.61 Å². The van der Waals surface area contributed by atoms with Crippen LogP contribution in [0, 0.1) is 0 Å². The smallest absolute Gasteiger partial charge is 0.120 e. The Morgan fingerprint density at radius 2 is 1.76 bits per heavy atom. The lowest BCUT2D eigenvalue weighted by molar-refractivity contribution is 0.307. The van der Waals surface area contributed by atoms with Gasteiger partial charge in [0, 0.05) is 0 Å². The lowest BCUT2D eigenvalue weighted by atomic mass is 10.1. The van der Waals surface area contributed by atoms with E-state index >= 15 is 0 Å². The van der Waals surface area contributed by atoms with Gasteiger partial charge in [-0.1, -0.05) is 59.8 Å². The summed E-state index contributed by atoms with van der Waals surface area (Å²) in [6.07, 6.45) is 1.38. The number of fused-ring (bicyclic) bond motifs is 1. The monoisotopic (exact) mass is 277 g/mol. The van der Waals surface area contributed by atoms with Crippen LogP contribution < -0.4 is 4.74 Å². The summed E-state index contributed by atoms with van der Waals surface area (Å²) in [4.78, 5) is 0. The highest BCUT2D eigenvalue weighted by atomic mass is 16.5. The van der Waals surface area contributed by atoms with Crippen LogP contribution in [0.3, 0.4) is 0 Å². The van der Waals surface area contributed by atoms with Gasteiger partial charge < -0.3 is 9.94 Å². The number of benzene rings is 3. The second-order valence-corrected chi connectivity index (χ2v) is 4.74. The second kappa shape index (κ2) is 6.09. The van der Waals surface area contributed by atoms with Gasteiger partial charge in [-0.05, 0) is 34.0 Å². The maximum Gasteiger partial charge on any atom is 0.120 e. The van der Waals surface area contributed by atoms with Crippen LogP contribution in [-0.4, -0.2) is 11.4 Å². The minimum Gasteiger partial charge on any atom is -0.489 e. The van der Waals surface area contributed by atoms with Crippen LogP contribution in [-0.2, 0) is 6.61 Å². The van der Waals surface area contributed by atoms with Gasteiger partial charge in [0.25, 0.3) is 0 Å². The molecule has 0 aliphatic carbocycles. The Bertz CT molecular complexity index is 776. The normalized spacial score (nSPS) is 11.0. The number of hydrogen-bond acceptors (Lipinski definition) is 3. The minimum atomic E-state index is 0.501. The van der Waals surface area contributed by atoms with Crippen LogP contribution in [0.1, 0.15) is 11.1 Å². The first-order chi connectivity index (χ1) is 10.4. The SMILES string of the molecule is ON=Cc1cccc(OCc2cccc3ccccc23)c1. The van der Waals surface area contributed by atoms with Gasteiger partial charge in [-0.15, -0.1) is 0 Å².